The quantitative estimate of drug-likeness (QED) is 0.882. The molecule has 0 bridgehead atoms. The van der Waals surface area contributed by atoms with E-state index >= 15 is 0 Å². The Balaban J connectivity index is 2.12. The van der Waals surface area contributed by atoms with Crippen molar-refractivity contribution in [1.82, 2.24) is 9.59 Å². The first-order chi connectivity index (χ1) is 7.70. The van der Waals surface area contributed by atoms with Crippen LogP contribution in [0.2, 0.25) is 0 Å². The maximum absolute atomic E-state index is 10.4. The van der Waals surface area contributed by atoms with Crippen LogP contribution >= 0.6 is 11.5 Å². The Morgan fingerprint density at radius 3 is 2.56 bits per heavy atom. The van der Waals surface area contributed by atoms with Gasteiger partial charge in [-0.15, -0.1) is 5.10 Å². The standard InChI is InChI=1S/C12H20N2OS/c1-8(2)10-12(16-14-13-10)11(15)9-6-4-3-5-7-9/h8-9,11,15H,3-7H2,1-2H3. The average molecular weight is 240 g/mol. The van der Waals surface area contributed by atoms with Crippen LogP contribution in [0.15, 0.2) is 0 Å². The molecular formula is C12H20N2OS. The monoisotopic (exact) mass is 240 g/mol. The minimum absolute atomic E-state index is 0.335. The van der Waals surface area contributed by atoms with Gasteiger partial charge in [-0.05, 0) is 36.2 Å². The van der Waals surface area contributed by atoms with Crippen molar-refractivity contribution in [1.29, 1.82) is 0 Å². The molecular weight excluding hydrogens is 220 g/mol. The van der Waals surface area contributed by atoms with Gasteiger partial charge in [0, 0.05) is 0 Å². The minimum Gasteiger partial charge on any atom is -0.387 e. The average Bonchev–Trinajstić information content (AvgIpc) is 2.78. The molecule has 1 unspecified atom stereocenters. The normalized spacial score (nSPS) is 20.2. The highest BCUT2D eigenvalue weighted by molar-refractivity contribution is 7.05. The Labute approximate surface area is 101 Å². The Morgan fingerprint density at radius 2 is 1.94 bits per heavy atom. The second-order valence-electron chi connectivity index (χ2n) is 5.02. The van der Waals surface area contributed by atoms with Crippen LogP contribution in [0.1, 0.15) is 68.5 Å². The third-order valence-electron chi connectivity index (χ3n) is 3.45. The predicted molar refractivity (Wildman–Crippen MR) is 65.5 cm³/mol. The molecule has 0 radical (unpaired) electrons. The summed E-state index contributed by atoms with van der Waals surface area (Å²) in [6, 6.07) is 0. The highest BCUT2D eigenvalue weighted by Crippen LogP contribution is 2.37. The van der Waals surface area contributed by atoms with E-state index < -0.39 is 0 Å². The van der Waals surface area contributed by atoms with E-state index in [-0.39, 0.29) is 6.10 Å². The molecule has 1 aromatic rings. The lowest BCUT2D eigenvalue weighted by Gasteiger charge is -2.26. The van der Waals surface area contributed by atoms with Crippen LogP contribution in [0.4, 0.5) is 0 Å². The van der Waals surface area contributed by atoms with Gasteiger partial charge in [-0.1, -0.05) is 37.6 Å². The molecule has 0 saturated heterocycles. The van der Waals surface area contributed by atoms with E-state index in [2.05, 4.69) is 23.4 Å². The summed E-state index contributed by atoms with van der Waals surface area (Å²) in [7, 11) is 0. The summed E-state index contributed by atoms with van der Waals surface area (Å²) >= 11 is 1.37. The highest BCUT2D eigenvalue weighted by Gasteiger charge is 2.27. The number of hydrogen-bond acceptors (Lipinski definition) is 4. The number of aromatic nitrogens is 2. The van der Waals surface area contributed by atoms with Crippen LogP contribution in [0.3, 0.4) is 0 Å². The molecule has 0 aliphatic heterocycles. The molecule has 0 amide bonds. The van der Waals surface area contributed by atoms with Gasteiger partial charge in [0.2, 0.25) is 0 Å². The van der Waals surface area contributed by atoms with Crippen molar-refractivity contribution in [3.8, 4) is 0 Å². The van der Waals surface area contributed by atoms with Crippen molar-refractivity contribution in [2.75, 3.05) is 0 Å². The zero-order valence-electron chi connectivity index (χ0n) is 10.0. The fraction of sp³-hybridized carbons (Fsp3) is 0.833. The van der Waals surface area contributed by atoms with Crippen molar-refractivity contribution in [3.05, 3.63) is 10.6 Å². The third-order valence-corrected chi connectivity index (χ3v) is 4.26. The number of nitrogens with zero attached hydrogens (tertiary/aromatic N) is 2. The van der Waals surface area contributed by atoms with E-state index in [0.29, 0.717) is 11.8 Å². The fourth-order valence-electron chi connectivity index (χ4n) is 2.47. The first-order valence-corrected chi connectivity index (χ1v) is 6.97. The minimum atomic E-state index is -0.335. The Morgan fingerprint density at radius 1 is 1.25 bits per heavy atom. The first kappa shape index (κ1) is 12.0. The van der Waals surface area contributed by atoms with Crippen molar-refractivity contribution < 1.29 is 5.11 Å². The van der Waals surface area contributed by atoms with E-state index in [1.54, 1.807) is 0 Å². The molecule has 3 nitrogen and oxygen atoms in total. The third kappa shape index (κ3) is 2.43. The summed E-state index contributed by atoms with van der Waals surface area (Å²) in [5.74, 6) is 0.778. The number of hydrogen-bond donors (Lipinski definition) is 1. The Hall–Kier alpha value is -0.480. The zero-order chi connectivity index (χ0) is 11.5. The van der Waals surface area contributed by atoms with Crippen LogP contribution in [0, 0.1) is 5.92 Å². The summed E-state index contributed by atoms with van der Waals surface area (Å²) < 4.78 is 3.99. The largest absolute Gasteiger partial charge is 0.387 e. The van der Waals surface area contributed by atoms with Gasteiger partial charge in [-0.25, -0.2) is 0 Å². The predicted octanol–water partition coefficient (Wildman–Crippen LogP) is 3.28. The Bertz CT molecular complexity index is 332. The lowest BCUT2D eigenvalue weighted by molar-refractivity contribution is 0.0867. The zero-order valence-corrected chi connectivity index (χ0v) is 10.8. The maximum Gasteiger partial charge on any atom is 0.0945 e. The van der Waals surface area contributed by atoms with Gasteiger partial charge in [-0.3, -0.25) is 0 Å². The summed E-state index contributed by atoms with van der Waals surface area (Å²) in [4.78, 5) is 1.00. The molecule has 1 atom stereocenters. The number of aliphatic hydroxyl groups excluding tert-OH is 1. The van der Waals surface area contributed by atoms with Crippen LogP contribution < -0.4 is 0 Å². The number of aliphatic hydroxyl groups is 1. The van der Waals surface area contributed by atoms with Crippen LogP contribution in [-0.4, -0.2) is 14.7 Å². The molecule has 1 aliphatic carbocycles. The fourth-order valence-corrected chi connectivity index (χ4v) is 3.36. The van der Waals surface area contributed by atoms with E-state index in [1.165, 1.54) is 30.8 Å². The molecule has 2 rings (SSSR count). The lowest BCUT2D eigenvalue weighted by atomic mass is 9.84. The molecule has 1 N–H and O–H groups in total. The van der Waals surface area contributed by atoms with Crippen molar-refractivity contribution in [3.63, 3.8) is 0 Å². The summed E-state index contributed by atoms with van der Waals surface area (Å²) in [6.07, 6.45) is 5.79. The van der Waals surface area contributed by atoms with Gasteiger partial charge in [0.15, 0.2) is 0 Å². The lowest BCUT2D eigenvalue weighted by Crippen LogP contribution is -2.16. The van der Waals surface area contributed by atoms with Crippen LogP contribution in [-0.2, 0) is 0 Å². The SMILES string of the molecule is CC(C)c1nnsc1C(O)C1CCCCC1. The van der Waals surface area contributed by atoms with E-state index in [0.717, 1.165) is 23.4 Å². The summed E-state index contributed by atoms with van der Waals surface area (Å²) in [6.45, 7) is 4.21. The second kappa shape index (κ2) is 5.23. The van der Waals surface area contributed by atoms with Gasteiger partial charge in [0.05, 0.1) is 16.7 Å². The van der Waals surface area contributed by atoms with Crippen LogP contribution in [0.25, 0.3) is 0 Å². The molecule has 0 spiro atoms. The van der Waals surface area contributed by atoms with Gasteiger partial charge in [0.1, 0.15) is 0 Å². The second-order valence-corrected chi connectivity index (χ2v) is 5.81. The van der Waals surface area contributed by atoms with Crippen molar-refractivity contribution in [2.45, 2.75) is 58.0 Å². The molecule has 0 aromatic carbocycles. The molecule has 1 aromatic heterocycles. The summed E-state index contributed by atoms with van der Waals surface area (Å²) in [5.41, 5.74) is 0.989. The molecule has 16 heavy (non-hydrogen) atoms. The molecule has 4 heteroatoms. The number of rotatable bonds is 3. The van der Waals surface area contributed by atoms with E-state index in [1.807, 2.05) is 0 Å². The van der Waals surface area contributed by atoms with Crippen molar-refractivity contribution >= 4 is 11.5 Å². The topological polar surface area (TPSA) is 46.0 Å². The van der Waals surface area contributed by atoms with E-state index in [9.17, 15) is 5.11 Å². The van der Waals surface area contributed by atoms with Gasteiger partial charge in [-0.2, -0.15) is 0 Å². The highest BCUT2D eigenvalue weighted by atomic mass is 32.1. The van der Waals surface area contributed by atoms with Crippen LogP contribution in [0.5, 0.6) is 0 Å². The maximum atomic E-state index is 10.4. The van der Waals surface area contributed by atoms with Gasteiger partial charge in [0.25, 0.3) is 0 Å². The summed E-state index contributed by atoms with van der Waals surface area (Å²) in [5, 5.41) is 14.5. The van der Waals surface area contributed by atoms with Gasteiger partial charge >= 0.3 is 0 Å². The molecule has 1 aliphatic rings. The van der Waals surface area contributed by atoms with Gasteiger partial charge < -0.3 is 5.11 Å². The van der Waals surface area contributed by atoms with Crippen molar-refractivity contribution in [2.24, 2.45) is 5.92 Å². The molecule has 1 saturated carbocycles. The smallest absolute Gasteiger partial charge is 0.0945 e. The first-order valence-electron chi connectivity index (χ1n) is 6.20. The molecule has 90 valence electrons. The molecule has 1 fully saturated rings. The van der Waals surface area contributed by atoms with E-state index in [4.69, 9.17) is 0 Å². The molecule has 1 heterocycles. The Kier molecular flexibility index (Phi) is 3.92.